The maximum atomic E-state index is 4.78. The number of aryl methyl sites for hydroxylation is 1. The molecule has 0 saturated carbocycles. The Morgan fingerprint density at radius 3 is 2.32 bits per heavy atom. The van der Waals surface area contributed by atoms with E-state index < -0.39 is 0 Å². The van der Waals surface area contributed by atoms with Crippen LogP contribution in [0.25, 0.3) is 0 Å². The summed E-state index contributed by atoms with van der Waals surface area (Å²) in [7, 11) is 0. The van der Waals surface area contributed by atoms with Gasteiger partial charge in [0.05, 0.1) is 6.54 Å². The van der Waals surface area contributed by atoms with E-state index in [1.54, 1.807) is 0 Å². The first-order valence-corrected chi connectivity index (χ1v) is 10.1. The van der Waals surface area contributed by atoms with E-state index in [1.165, 1.54) is 16.7 Å². The van der Waals surface area contributed by atoms with Crippen LogP contribution in [-0.2, 0) is 13.1 Å². The Labute approximate surface area is 186 Å². The molecule has 0 spiro atoms. The zero-order valence-corrected chi connectivity index (χ0v) is 19.4. The number of hydrogen-bond acceptors (Lipinski definition) is 2. The van der Waals surface area contributed by atoms with Crippen LogP contribution < -0.4 is 10.6 Å². The van der Waals surface area contributed by atoms with Crippen molar-refractivity contribution in [2.45, 2.75) is 45.8 Å². The van der Waals surface area contributed by atoms with E-state index in [1.807, 2.05) is 0 Å². The van der Waals surface area contributed by atoms with Gasteiger partial charge >= 0.3 is 0 Å². The maximum Gasteiger partial charge on any atom is 0.191 e. The fourth-order valence-corrected chi connectivity index (χ4v) is 3.45. The summed E-state index contributed by atoms with van der Waals surface area (Å²) in [5.74, 6) is 0.930. The normalized spacial score (nSPS) is 15.7. The van der Waals surface area contributed by atoms with Crippen LogP contribution in [0.2, 0.25) is 0 Å². The third kappa shape index (κ3) is 7.43. The number of guanidine groups is 1. The number of hydrogen-bond donors (Lipinski definition) is 2. The number of nitrogens with zero attached hydrogens (tertiary/aromatic N) is 2. The fraction of sp³-hybridized carbons (Fsp3) is 0.435. The first-order chi connectivity index (χ1) is 13.2. The summed E-state index contributed by atoms with van der Waals surface area (Å²) in [6.45, 7) is 9.13. The molecule has 5 heteroatoms. The summed E-state index contributed by atoms with van der Waals surface area (Å²) >= 11 is 0. The number of aliphatic imine (C=N–C) groups is 1. The number of likely N-dealkylation sites (tertiary alicyclic amines) is 1. The van der Waals surface area contributed by atoms with Crippen LogP contribution in [0.4, 0.5) is 0 Å². The van der Waals surface area contributed by atoms with E-state index in [0.29, 0.717) is 12.6 Å². The summed E-state index contributed by atoms with van der Waals surface area (Å²) in [4.78, 5) is 7.32. The van der Waals surface area contributed by atoms with E-state index in [-0.39, 0.29) is 24.0 Å². The van der Waals surface area contributed by atoms with Gasteiger partial charge in [0.15, 0.2) is 5.96 Å². The molecule has 4 nitrogen and oxygen atoms in total. The van der Waals surface area contributed by atoms with Crippen LogP contribution in [0.5, 0.6) is 0 Å². The van der Waals surface area contributed by atoms with Crippen molar-refractivity contribution >= 4 is 29.9 Å². The SMILES string of the molecule is CCNC(=NCc1ccc(C)cc1)NC1CCN(Cc2ccccc2)CC1.I. The highest BCUT2D eigenvalue weighted by molar-refractivity contribution is 14.0. The minimum atomic E-state index is 0. The standard InChI is InChI=1S/C23H32N4.HI/c1-3-24-23(25-17-20-11-9-19(2)10-12-20)26-22-13-15-27(16-14-22)18-21-7-5-4-6-8-21;/h4-12,22H,3,13-18H2,1-2H3,(H2,24,25,26);1H. The summed E-state index contributed by atoms with van der Waals surface area (Å²) in [6, 6.07) is 19.9. The molecule has 0 amide bonds. The topological polar surface area (TPSA) is 39.7 Å². The second kappa shape index (κ2) is 12.1. The number of halogens is 1. The zero-order chi connectivity index (χ0) is 18.9. The summed E-state index contributed by atoms with van der Waals surface area (Å²) < 4.78 is 0. The van der Waals surface area contributed by atoms with Gasteiger partial charge in [-0.15, -0.1) is 24.0 Å². The van der Waals surface area contributed by atoms with E-state index in [4.69, 9.17) is 4.99 Å². The molecular formula is C23H33IN4. The number of piperidine rings is 1. The second-order valence-corrected chi connectivity index (χ2v) is 7.36. The lowest BCUT2D eigenvalue weighted by atomic mass is 10.0. The van der Waals surface area contributed by atoms with Gasteiger partial charge in [-0.05, 0) is 37.8 Å². The van der Waals surface area contributed by atoms with Crippen molar-refractivity contribution in [3.8, 4) is 0 Å². The molecule has 152 valence electrons. The van der Waals surface area contributed by atoms with Crippen molar-refractivity contribution in [3.63, 3.8) is 0 Å². The van der Waals surface area contributed by atoms with Crippen LogP contribution in [-0.4, -0.2) is 36.5 Å². The Balaban J connectivity index is 0.00000280. The van der Waals surface area contributed by atoms with Gasteiger partial charge in [0.1, 0.15) is 0 Å². The number of rotatable bonds is 6. The van der Waals surface area contributed by atoms with Crippen LogP contribution in [0.15, 0.2) is 59.6 Å². The lowest BCUT2D eigenvalue weighted by molar-refractivity contribution is 0.198. The molecule has 1 fully saturated rings. The molecule has 0 unspecified atom stereocenters. The van der Waals surface area contributed by atoms with Gasteiger partial charge in [0.25, 0.3) is 0 Å². The van der Waals surface area contributed by atoms with Crippen molar-refractivity contribution in [2.24, 2.45) is 4.99 Å². The van der Waals surface area contributed by atoms with Crippen molar-refractivity contribution < 1.29 is 0 Å². The van der Waals surface area contributed by atoms with Gasteiger partial charge in [-0.1, -0.05) is 60.2 Å². The minimum Gasteiger partial charge on any atom is -0.357 e. The predicted octanol–water partition coefficient (Wildman–Crippen LogP) is 4.33. The van der Waals surface area contributed by atoms with Gasteiger partial charge in [-0.25, -0.2) is 4.99 Å². The average Bonchev–Trinajstić information content (AvgIpc) is 2.70. The van der Waals surface area contributed by atoms with Crippen LogP contribution in [0.3, 0.4) is 0 Å². The average molecular weight is 492 g/mol. The Morgan fingerprint density at radius 2 is 1.68 bits per heavy atom. The summed E-state index contributed by atoms with van der Waals surface area (Å²) in [6.07, 6.45) is 2.31. The highest BCUT2D eigenvalue weighted by Gasteiger charge is 2.19. The van der Waals surface area contributed by atoms with Gasteiger partial charge < -0.3 is 10.6 Å². The molecule has 2 aromatic carbocycles. The van der Waals surface area contributed by atoms with Gasteiger partial charge in [-0.3, -0.25) is 4.90 Å². The maximum absolute atomic E-state index is 4.78. The lowest BCUT2D eigenvalue weighted by Gasteiger charge is -2.33. The molecule has 2 aromatic rings. The smallest absolute Gasteiger partial charge is 0.191 e. The molecule has 2 N–H and O–H groups in total. The van der Waals surface area contributed by atoms with Crippen molar-refractivity contribution in [1.29, 1.82) is 0 Å². The largest absolute Gasteiger partial charge is 0.357 e. The van der Waals surface area contributed by atoms with E-state index in [2.05, 4.69) is 84.0 Å². The monoisotopic (exact) mass is 492 g/mol. The molecule has 1 aliphatic rings. The Kier molecular flexibility index (Phi) is 9.78. The molecule has 3 rings (SSSR count). The van der Waals surface area contributed by atoms with Crippen LogP contribution in [0.1, 0.15) is 36.5 Å². The highest BCUT2D eigenvalue weighted by Crippen LogP contribution is 2.14. The van der Waals surface area contributed by atoms with Crippen LogP contribution >= 0.6 is 24.0 Å². The highest BCUT2D eigenvalue weighted by atomic mass is 127. The molecule has 0 aliphatic carbocycles. The van der Waals surface area contributed by atoms with Crippen molar-refractivity contribution in [3.05, 3.63) is 71.3 Å². The predicted molar refractivity (Wildman–Crippen MR) is 129 cm³/mol. The van der Waals surface area contributed by atoms with Gasteiger partial charge in [0, 0.05) is 32.2 Å². The molecule has 1 saturated heterocycles. The quantitative estimate of drug-likeness (QED) is 0.358. The van der Waals surface area contributed by atoms with E-state index in [9.17, 15) is 0 Å². The molecular weight excluding hydrogens is 459 g/mol. The minimum absolute atomic E-state index is 0. The molecule has 1 heterocycles. The Hall–Kier alpha value is -1.60. The number of benzene rings is 2. The molecule has 28 heavy (non-hydrogen) atoms. The van der Waals surface area contributed by atoms with Crippen molar-refractivity contribution in [2.75, 3.05) is 19.6 Å². The zero-order valence-electron chi connectivity index (χ0n) is 17.0. The summed E-state index contributed by atoms with van der Waals surface area (Å²) in [5, 5.41) is 7.02. The molecule has 0 aromatic heterocycles. The molecule has 0 radical (unpaired) electrons. The van der Waals surface area contributed by atoms with E-state index >= 15 is 0 Å². The number of nitrogens with one attached hydrogen (secondary N) is 2. The molecule has 1 aliphatic heterocycles. The molecule has 0 bridgehead atoms. The Bertz CT molecular complexity index is 707. The van der Waals surface area contributed by atoms with E-state index in [0.717, 1.165) is 45.0 Å². The van der Waals surface area contributed by atoms with Gasteiger partial charge in [-0.2, -0.15) is 0 Å². The van der Waals surface area contributed by atoms with Gasteiger partial charge in [0.2, 0.25) is 0 Å². The first kappa shape index (κ1) is 22.7. The third-order valence-corrected chi connectivity index (χ3v) is 5.06. The third-order valence-electron chi connectivity index (χ3n) is 5.06. The first-order valence-electron chi connectivity index (χ1n) is 10.1. The van der Waals surface area contributed by atoms with Crippen molar-refractivity contribution in [1.82, 2.24) is 15.5 Å². The fourth-order valence-electron chi connectivity index (χ4n) is 3.45. The Morgan fingerprint density at radius 1 is 1.00 bits per heavy atom. The molecule has 0 atom stereocenters. The second-order valence-electron chi connectivity index (χ2n) is 7.36. The lowest BCUT2D eigenvalue weighted by Crippen LogP contribution is -2.48. The summed E-state index contributed by atoms with van der Waals surface area (Å²) in [5.41, 5.74) is 3.93. The van der Waals surface area contributed by atoms with Crippen LogP contribution in [0, 0.1) is 6.92 Å².